The average Bonchev–Trinajstić information content (AvgIpc) is 3.70. The normalized spacial score (nSPS) is 23.8. The lowest BCUT2D eigenvalue weighted by molar-refractivity contribution is -0.147. The minimum Gasteiger partial charge on any atom is -0.481 e. The fourth-order valence-corrected chi connectivity index (χ4v) is 6.59. The number of aliphatic carboxylic acids is 1. The van der Waals surface area contributed by atoms with Gasteiger partial charge in [-0.25, -0.2) is 31.7 Å². The zero-order chi connectivity index (χ0) is 32.0. The van der Waals surface area contributed by atoms with Crippen molar-refractivity contribution in [3.05, 3.63) is 63.0 Å². The molecule has 3 atom stereocenters. The molecule has 0 spiro atoms. The molecule has 0 radical (unpaired) electrons. The molecular formula is C29H32F5N5O4S. The molecule has 0 saturated carbocycles. The Hall–Kier alpha value is -3.43. The van der Waals surface area contributed by atoms with Crippen LogP contribution in [-0.4, -0.2) is 88.5 Å². The number of likely N-dealkylation sites (tertiary alicyclic amines) is 2. The lowest BCUT2D eigenvalue weighted by Crippen LogP contribution is -2.46. The third-order valence-corrected chi connectivity index (χ3v) is 9.15. The molecule has 3 aliphatic heterocycles. The van der Waals surface area contributed by atoms with Crippen molar-refractivity contribution in [1.29, 1.82) is 0 Å². The van der Waals surface area contributed by atoms with Gasteiger partial charge in [0.05, 0.1) is 30.2 Å². The van der Waals surface area contributed by atoms with E-state index in [1.165, 1.54) is 22.4 Å². The summed E-state index contributed by atoms with van der Waals surface area (Å²) >= 11 is 1.17. The van der Waals surface area contributed by atoms with Crippen LogP contribution in [0, 0.1) is 22.9 Å². The first-order valence-corrected chi connectivity index (χ1v) is 15.0. The molecule has 0 bridgehead atoms. The fourth-order valence-electron chi connectivity index (χ4n) is 6.00. The van der Waals surface area contributed by atoms with Crippen LogP contribution >= 0.6 is 11.3 Å². The molecule has 0 amide bonds. The van der Waals surface area contributed by atoms with Gasteiger partial charge in [-0.15, -0.1) is 11.3 Å². The molecule has 1 aromatic carbocycles. The summed E-state index contributed by atoms with van der Waals surface area (Å²) in [6.45, 7) is 4.19. The minimum atomic E-state index is -3.16. The van der Waals surface area contributed by atoms with Crippen molar-refractivity contribution >= 4 is 29.1 Å². The van der Waals surface area contributed by atoms with E-state index in [9.17, 15) is 23.5 Å². The minimum absolute atomic E-state index is 0.0697. The van der Waals surface area contributed by atoms with E-state index in [4.69, 9.17) is 4.74 Å². The van der Waals surface area contributed by atoms with Crippen LogP contribution in [0.25, 0.3) is 0 Å². The summed E-state index contributed by atoms with van der Waals surface area (Å²) < 4.78 is 79.8. The molecule has 15 heteroatoms. The Labute approximate surface area is 254 Å². The van der Waals surface area contributed by atoms with Crippen LogP contribution in [0.2, 0.25) is 0 Å². The standard InChI is InChI=1S/C29H32F5N5O4S/c1-4-43-26(40)19-17(13-39-14-29(33,34)23-18(39)7-10-38(23)11-8-28(2,3)27(41)42)36-24(25-35-9-12-44-25)37-22(19)15-5-6-16(30)21(32)20(15)31/h5-6,9,12,18,22-23H,4,7-8,10-11,13-14H2,1-3H3,(H,36,37)(H,41,42)/t18-,22?,23+/m0/s1. The molecule has 3 aliphatic rings. The topological polar surface area (TPSA) is 107 Å². The Morgan fingerprint density at radius 2 is 1.95 bits per heavy atom. The summed E-state index contributed by atoms with van der Waals surface area (Å²) in [7, 11) is 0. The van der Waals surface area contributed by atoms with Gasteiger partial charge >= 0.3 is 11.9 Å². The molecule has 1 unspecified atom stereocenters. The van der Waals surface area contributed by atoms with Crippen LogP contribution in [0.15, 0.2) is 40.0 Å². The highest BCUT2D eigenvalue weighted by molar-refractivity contribution is 7.11. The zero-order valence-corrected chi connectivity index (χ0v) is 25.1. The number of nitrogens with one attached hydrogen (secondary N) is 1. The molecule has 2 fully saturated rings. The third-order valence-electron chi connectivity index (χ3n) is 8.37. The first-order chi connectivity index (χ1) is 20.7. The maximum Gasteiger partial charge on any atom is 0.338 e. The van der Waals surface area contributed by atoms with E-state index >= 15 is 13.2 Å². The molecule has 5 rings (SSSR count). The number of rotatable bonds is 10. The van der Waals surface area contributed by atoms with E-state index in [2.05, 4.69) is 15.3 Å². The Morgan fingerprint density at radius 3 is 2.61 bits per heavy atom. The number of alkyl halides is 2. The van der Waals surface area contributed by atoms with Crippen molar-refractivity contribution in [2.45, 2.75) is 57.7 Å². The van der Waals surface area contributed by atoms with Gasteiger partial charge in [-0.05, 0) is 46.2 Å². The van der Waals surface area contributed by atoms with Crippen LogP contribution in [-0.2, 0) is 14.3 Å². The van der Waals surface area contributed by atoms with Crippen LogP contribution < -0.4 is 5.32 Å². The van der Waals surface area contributed by atoms with Gasteiger partial charge in [-0.1, -0.05) is 6.07 Å². The van der Waals surface area contributed by atoms with Crippen LogP contribution in [0.3, 0.4) is 0 Å². The number of carbonyl (C=O) groups is 2. The predicted molar refractivity (Wildman–Crippen MR) is 151 cm³/mol. The number of amidine groups is 1. The van der Waals surface area contributed by atoms with Gasteiger partial charge in [-0.2, -0.15) is 0 Å². The molecule has 1 aromatic heterocycles. The number of fused-ring (bicyclic) bond motifs is 1. The van der Waals surface area contributed by atoms with Crippen molar-refractivity contribution < 1.29 is 41.4 Å². The van der Waals surface area contributed by atoms with E-state index in [0.717, 1.165) is 12.1 Å². The summed E-state index contributed by atoms with van der Waals surface area (Å²) in [6.07, 6.45) is 2.03. The number of hydrogen-bond acceptors (Lipinski definition) is 9. The Kier molecular flexibility index (Phi) is 8.84. The number of aromatic nitrogens is 1. The Balaban J connectivity index is 1.52. The maximum absolute atomic E-state index is 15.6. The summed E-state index contributed by atoms with van der Waals surface area (Å²) in [5.41, 5.74) is -1.65. The Morgan fingerprint density at radius 1 is 1.20 bits per heavy atom. The summed E-state index contributed by atoms with van der Waals surface area (Å²) in [5, 5.41) is 14.5. The molecule has 9 nitrogen and oxygen atoms in total. The molecule has 44 heavy (non-hydrogen) atoms. The second-order valence-electron chi connectivity index (χ2n) is 11.7. The zero-order valence-electron chi connectivity index (χ0n) is 24.3. The first kappa shape index (κ1) is 32.0. The van der Waals surface area contributed by atoms with Gasteiger partial charge in [0.15, 0.2) is 28.3 Å². The first-order valence-electron chi connectivity index (χ1n) is 14.1. The van der Waals surface area contributed by atoms with Crippen molar-refractivity contribution in [3.63, 3.8) is 0 Å². The quantitative estimate of drug-likeness (QED) is 0.224. The van der Waals surface area contributed by atoms with E-state index < -0.39 is 71.0 Å². The van der Waals surface area contributed by atoms with Gasteiger partial charge in [0.1, 0.15) is 6.04 Å². The second kappa shape index (κ2) is 12.2. The Bertz CT molecular complexity index is 1500. The molecule has 2 aromatic rings. The summed E-state index contributed by atoms with van der Waals surface area (Å²) in [5.74, 6) is -9.69. The summed E-state index contributed by atoms with van der Waals surface area (Å²) in [4.78, 5) is 36.7. The molecule has 2 saturated heterocycles. The third kappa shape index (κ3) is 5.96. The number of hydrogen-bond donors (Lipinski definition) is 2. The molecular weight excluding hydrogens is 609 g/mol. The SMILES string of the molecule is CCOC(=O)C1=C(CN2CC(F)(F)[C@H]3[C@@H]2CCN3CCC(C)(C)C(=O)O)NC(c2nccs2)=NC1c1ccc(F)c(F)c1F. The number of halogens is 5. The van der Waals surface area contributed by atoms with Gasteiger partial charge < -0.3 is 15.2 Å². The summed E-state index contributed by atoms with van der Waals surface area (Å²) in [6, 6.07) is -1.61. The van der Waals surface area contributed by atoms with Crippen molar-refractivity contribution in [1.82, 2.24) is 20.1 Å². The number of nitrogens with zero attached hydrogens (tertiary/aromatic N) is 4. The highest BCUT2D eigenvalue weighted by Gasteiger charge is 2.59. The monoisotopic (exact) mass is 641 g/mol. The predicted octanol–water partition coefficient (Wildman–Crippen LogP) is 4.36. The molecule has 0 aliphatic carbocycles. The van der Waals surface area contributed by atoms with Crippen LogP contribution in [0.1, 0.15) is 50.2 Å². The highest BCUT2D eigenvalue weighted by Crippen LogP contribution is 2.43. The molecule has 238 valence electrons. The largest absolute Gasteiger partial charge is 0.481 e. The number of thiazole rings is 1. The number of ether oxygens (including phenoxy) is 1. The number of aliphatic imine (C=N–C) groups is 1. The lowest BCUT2D eigenvalue weighted by atomic mass is 9.89. The number of carboxylic acid groups (broad SMARTS) is 1. The van der Waals surface area contributed by atoms with Crippen LogP contribution in [0.4, 0.5) is 22.0 Å². The maximum atomic E-state index is 15.6. The smallest absolute Gasteiger partial charge is 0.338 e. The van der Waals surface area contributed by atoms with Crippen molar-refractivity contribution in [2.24, 2.45) is 10.4 Å². The van der Waals surface area contributed by atoms with Gasteiger partial charge in [-0.3, -0.25) is 19.6 Å². The number of esters is 1. The van der Waals surface area contributed by atoms with E-state index in [0.29, 0.717) is 18.0 Å². The number of carbonyl (C=O) groups excluding carboxylic acids is 1. The van der Waals surface area contributed by atoms with Gasteiger partial charge in [0.2, 0.25) is 0 Å². The molecule has 4 heterocycles. The van der Waals surface area contributed by atoms with E-state index in [1.54, 1.807) is 31.1 Å². The van der Waals surface area contributed by atoms with E-state index in [-0.39, 0.29) is 43.2 Å². The highest BCUT2D eigenvalue weighted by atomic mass is 32.1. The van der Waals surface area contributed by atoms with Gasteiger partial charge in [0, 0.05) is 42.0 Å². The van der Waals surface area contributed by atoms with Crippen molar-refractivity contribution in [3.8, 4) is 0 Å². The number of benzene rings is 1. The van der Waals surface area contributed by atoms with Crippen molar-refractivity contribution in [2.75, 3.05) is 32.8 Å². The van der Waals surface area contributed by atoms with Gasteiger partial charge in [0.25, 0.3) is 5.92 Å². The average molecular weight is 642 g/mol. The second-order valence-corrected chi connectivity index (χ2v) is 12.6. The van der Waals surface area contributed by atoms with Crippen LogP contribution in [0.5, 0.6) is 0 Å². The number of carboxylic acids is 1. The van der Waals surface area contributed by atoms with E-state index in [1.807, 2.05) is 0 Å². The lowest BCUT2D eigenvalue weighted by Gasteiger charge is -2.31. The fraction of sp³-hybridized carbons (Fsp3) is 0.517. The molecule has 2 N–H and O–H groups in total.